The van der Waals surface area contributed by atoms with E-state index in [1.807, 2.05) is 30.3 Å². The number of hydrogen-bond acceptors (Lipinski definition) is 2. The number of hydrogen-bond donors (Lipinski definition) is 0. The van der Waals surface area contributed by atoms with Crippen molar-refractivity contribution in [2.45, 2.75) is 87.4 Å². The molecule has 2 heteroatoms. The van der Waals surface area contributed by atoms with Crippen molar-refractivity contribution >= 4 is 0 Å². The van der Waals surface area contributed by atoms with Crippen LogP contribution in [0.15, 0.2) is 30.3 Å². The van der Waals surface area contributed by atoms with Gasteiger partial charge < -0.3 is 9.47 Å². The summed E-state index contributed by atoms with van der Waals surface area (Å²) in [5.41, 5.74) is 5.83. The van der Waals surface area contributed by atoms with Gasteiger partial charge >= 0.3 is 0 Å². The molecule has 0 radical (unpaired) electrons. The zero-order chi connectivity index (χ0) is 29.9. The van der Waals surface area contributed by atoms with Crippen molar-refractivity contribution in [3.63, 3.8) is 0 Å². The molecule has 0 saturated carbocycles. The molecule has 1 aliphatic heterocycles. The number of rotatable bonds is 3. The molecule has 1 fully saturated rings. The Morgan fingerprint density at radius 2 is 1.05 bits per heavy atom. The van der Waals surface area contributed by atoms with E-state index in [1.165, 1.54) is 0 Å². The summed E-state index contributed by atoms with van der Waals surface area (Å²) in [5.74, 6) is 33.4. The van der Waals surface area contributed by atoms with Crippen LogP contribution in [-0.4, -0.2) is 13.2 Å². The molecule has 1 heterocycles. The highest BCUT2D eigenvalue weighted by molar-refractivity contribution is 5.60. The Labute approximate surface area is 249 Å². The predicted molar refractivity (Wildman–Crippen MR) is 170 cm³/mol. The van der Waals surface area contributed by atoms with Gasteiger partial charge in [-0.3, -0.25) is 0 Å². The lowest BCUT2D eigenvalue weighted by Crippen LogP contribution is -2.05. The van der Waals surface area contributed by atoms with Gasteiger partial charge in [0, 0.05) is 62.6 Å². The van der Waals surface area contributed by atoms with Gasteiger partial charge in [0.05, 0.1) is 13.2 Å². The first-order valence-corrected chi connectivity index (χ1v) is 14.6. The fourth-order valence-corrected chi connectivity index (χ4v) is 3.74. The third-order valence-electron chi connectivity index (χ3n) is 5.70. The molecule has 41 heavy (non-hydrogen) atoms. The number of benzene rings is 2. The van der Waals surface area contributed by atoms with Crippen molar-refractivity contribution in [2.24, 2.45) is 10.8 Å². The first-order chi connectivity index (χ1) is 19.5. The van der Waals surface area contributed by atoms with Crippen LogP contribution in [0.1, 0.15) is 126 Å². The Bertz CT molecular complexity index is 1500. The number of unbranched alkanes of at least 4 members (excludes halogenated alkanes) is 2. The quantitative estimate of drug-likeness (QED) is 0.364. The van der Waals surface area contributed by atoms with Crippen molar-refractivity contribution in [1.82, 2.24) is 0 Å². The van der Waals surface area contributed by atoms with Crippen LogP contribution < -0.4 is 0 Å². The molecule has 0 amide bonds. The van der Waals surface area contributed by atoms with Gasteiger partial charge in [0.25, 0.3) is 0 Å². The van der Waals surface area contributed by atoms with Gasteiger partial charge in [-0.25, -0.2) is 0 Å². The highest BCUT2D eigenvalue weighted by atomic mass is 16.7. The van der Waals surface area contributed by atoms with Crippen LogP contribution in [-0.2, 0) is 9.47 Å². The van der Waals surface area contributed by atoms with E-state index in [9.17, 15) is 0 Å². The number of ether oxygens (including phenoxy) is 2. The first kappa shape index (κ1) is 31.7. The predicted octanol–water partition coefficient (Wildman–Crippen LogP) is 8.23. The van der Waals surface area contributed by atoms with Crippen molar-refractivity contribution in [1.29, 1.82) is 0 Å². The van der Waals surface area contributed by atoms with Gasteiger partial charge in [-0.2, -0.15) is 0 Å². The molecule has 0 spiro atoms. The van der Waals surface area contributed by atoms with Gasteiger partial charge in [-0.15, -0.1) is 0 Å². The topological polar surface area (TPSA) is 18.5 Å². The van der Waals surface area contributed by atoms with Crippen molar-refractivity contribution in [2.75, 3.05) is 13.2 Å². The van der Waals surface area contributed by atoms with Crippen molar-refractivity contribution in [3.05, 3.63) is 69.3 Å². The molecule has 0 atom stereocenters. The minimum absolute atomic E-state index is 0.153. The Kier molecular flexibility index (Phi) is 11.4. The molecule has 2 nitrogen and oxygen atoms in total. The summed E-state index contributed by atoms with van der Waals surface area (Å²) >= 11 is 0. The highest BCUT2D eigenvalue weighted by Crippen LogP contribution is 2.29. The molecule has 0 bridgehead atoms. The summed E-state index contributed by atoms with van der Waals surface area (Å²) in [6.07, 6.45) is 3.32. The van der Waals surface area contributed by atoms with Crippen LogP contribution in [0.4, 0.5) is 0 Å². The van der Waals surface area contributed by atoms with E-state index in [1.54, 1.807) is 0 Å². The van der Waals surface area contributed by atoms with Crippen LogP contribution in [0.3, 0.4) is 0 Å². The minimum Gasteiger partial charge on any atom is -0.346 e. The Morgan fingerprint density at radius 3 is 1.54 bits per heavy atom. The summed E-state index contributed by atoms with van der Waals surface area (Å²) in [7, 11) is 0. The summed E-state index contributed by atoms with van der Waals surface area (Å²) in [6, 6.07) is 10.2. The molecule has 0 aliphatic carbocycles. The average Bonchev–Trinajstić information content (AvgIpc) is 3.44. The van der Waals surface area contributed by atoms with E-state index < -0.39 is 6.29 Å². The zero-order valence-electron chi connectivity index (χ0n) is 26.0. The third kappa shape index (κ3) is 10.9. The molecule has 2 aromatic carbocycles. The second-order valence-corrected chi connectivity index (χ2v) is 12.2. The fourth-order valence-electron chi connectivity index (χ4n) is 3.74. The molecule has 3 rings (SSSR count). The van der Waals surface area contributed by atoms with Gasteiger partial charge in [-0.1, -0.05) is 73.1 Å². The highest BCUT2D eigenvalue weighted by Gasteiger charge is 2.23. The lowest BCUT2D eigenvalue weighted by molar-refractivity contribution is -0.0443. The van der Waals surface area contributed by atoms with Crippen LogP contribution >= 0.6 is 0 Å². The largest absolute Gasteiger partial charge is 0.346 e. The third-order valence-corrected chi connectivity index (χ3v) is 5.70. The lowest BCUT2D eigenvalue weighted by atomic mass is 9.93. The Balaban J connectivity index is 2.20. The van der Waals surface area contributed by atoms with Gasteiger partial charge in [0.1, 0.15) is 0 Å². The Morgan fingerprint density at radius 1 is 0.585 bits per heavy atom. The molecule has 210 valence electrons. The van der Waals surface area contributed by atoms with E-state index in [0.717, 1.165) is 64.6 Å². The Hall–Kier alpha value is -3.84. The normalized spacial score (nSPS) is 12.8. The van der Waals surface area contributed by atoms with Crippen LogP contribution in [0.5, 0.6) is 0 Å². The molecule has 0 aromatic heterocycles. The minimum atomic E-state index is -0.459. The molecular formula is C39H42O2. The molecule has 0 unspecified atom stereocenters. The maximum Gasteiger partial charge on any atom is 0.185 e. The van der Waals surface area contributed by atoms with Crippen molar-refractivity contribution in [3.8, 4) is 59.2 Å². The van der Waals surface area contributed by atoms with Crippen LogP contribution in [0.25, 0.3) is 0 Å². The monoisotopic (exact) mass is 542 g/mol. The molecule has 1 aliphatic rings. The zero-order valence-corrected chi connectivity index (χ0v) is 26.0. The average molecular weight is 543 g/mol. The van der Waals surface area contributed by atoms with E-state index in [4.69, 9.17) is 9.47 Å². The summed E-state index contributed by atoms with van der Waals surface area (Å²) in [4.78, 5) is 0. The summed E-state index contributed by atoms with van der Waals surface area (Å²) in [6.45, 7) is 18.0. The van der Waals surface area contributed by atoms with E-state index in [0.29, 0.717) is 13.2 Å². The SMILES string of the molecule is CCCC#Cc1cc(C#CCCC)cc(C#Cc2cc(C#CC(C)(C)C)c(C3OCCO3)cc2C#CC(C)(C)C)c1. The van der Waals surface area contributed by atoms with Crippen molar-refractivity contribution < 1.29 is 9.47 Å². The van der Waals surface area contributed by atoms with E-state index >= 15 is 0 Å². The van der Waals surface area contributed by atoms with Crippen LogP contribution in [0, 0.1) is 70.0 Å². The van der Waals surface area contributed by atoms with Gasteiger partial charge in [-0.05, 0) is 84.7 Å². The fraction of sp³-hybridized carbons (Fsp3) is 0.436. The molecule has 2 aromatic rings. The summed E-state index contributed by atoms with van der Waals surface area (Å²) in [5, 5.41) is 0. The second kappa shape index (κ2) is 14.7. The molecular weight excluding hydrogens is 500 g/mol. The van der Waals surface area contributed by atoms with Gasteiger partial charge in [0.2, 0.25) is 0 Å². The van der Waals surface area contributed by atoms with Gasteiger partial charge in [0.15, 0.2) is 6.29 Å². The summed E-state index contributed by atoms with van der Waals surface area (Å²) < 4.78 is 11.8. The molecule has 1 saturated heterocycles. The maximum absolute atomic E-state index is 5.89. The smallest absolute Gasteiger partial charge is 0.185 e. The first-order valence-electron chi connectivity index (χ1n) is 14.6. The maximum atomic E-state index is 5.89. The lowest BCUT2D eigenvalue weighted by Gasteiger charge is -2.15. The van der Waals surface area contributed by atoms with E-state index in [-0.39, 0.29) is 10.8 Å². The molecule has 0 N–H and O–H groups in total. The van der Waals surface area contributed by atoms with E-state index in [2.05, 4.69) is 115 Å². The second-order valence-electron chi connectivity index (χ2n) is 12.2. The standard InChI is InChI=1S/C39H42O2/c1-9-11-13-15-30-25-31(16-14-12-10-2)27-32(26-30)17-18-33-28-35(20-22-39(6,7)8)36(37-40-23-24-41-37)29-34(33)19-21-38(3,4)5/h25-29,37H,9-12,23-24H2,1-8H3. The van der Waals surface area contributed by atoms with Crippen LogP contribution in [0.2, 0.25) is 0 Å².